The van der Waals surface area contributed by atoms with Crippen molar-refractivity contribution in [2.75, 3.05) is 32.8 Å². The summed E-state index contributed by atoms with van der Waals surface area (Å²) in [5.74, 6) is -0.00599. The Morgan fingerprint density at radius 2 is 2.00 bits per heavy atom. The third-order valence-electron chi connectivity index (χ3n) is 3.91. The summed E-state index contributed by atoms with van der Waals surface area (Å²) >= 11 is 0. The molecule has 0 aliphatic carbocycles. The lowest BCUT2D eigenvalue weighted by Gasteiger charge is -2.23. The molecule has 1 heterocycles. The van der Waals surface area contributed by atoms with E-state index in [9.17, 15) is 9.90 Å². The molecule has 0 unspecified atom stereocenters. The van der Waals surface area contributed by atoms with Gasteiger partial charge in [0.15, 0.2) is 0 Å². The van der Waals surface area contributed by atoms with E-state index in [-0.39, 0.29) is 11.3 Å². The van der Waals surface area contributed by atoms with Gasteiger partial charge in [0, 0.05) is 6.07 Å². The topological polar surface area (TPSA) is 60.2 Å². The molecule has 5 nitrogen and oxygen atoms in total. The first-order chi connectivity index (χ1) is 10.7. The molecule has 0 bridgehead atoms. The lowest BCUT2D eigenvalue weighted by Crippen LogP contribution is -3.13. The number of benzene rings is 1. The summed E-state index contributed by atoms with van der Waals surface area (Å²) in [7, 11) is 0. The van der Waals surface area contributed by atoms with Crippen LogP contribution >= 0.6 is 0 Å². The number of phenols is 1. The van der Waals surface area contributed by atoms with Crippen molar-refractivity contribution >= 4 is 5.97 Å². The summed E-state index contributed by atoms with van der Waals surface area (Å²) in [6.07, 6.45) is 4.71. The van der Waals surface area contributed by atoms with Gasteiger partial charge in [0.25, 0.3) is 0 Å². The molecule has 1 fully saturated rings. The number of hydrogen-bond donors (Lipinski definition) is 2. The quantitative estimate of drug-likeness (QED) is 0.748. The summed E-state index contributed by atoms with van der Waals surface area (Å²) in [6.45, 7) is 6.14. The minimum atomic E-state index is -0.476. The lowest BCUT2D eigenvalue weighted by molar-refractivity contribution is -0.905. The molecule has 1 aromatic rings. The van der Waals surface area contributed by atoms with Crippen LogP contribution in [-0.2, 0) is 4.74 Å². The van der Waals surface area contributed by atoms with E-state index < -0.39 is 5.97 Å². The molecule has 0 atom stereocenters. The SMILES string of the molecule is CCCOc1ccc(C(=O)OCC[NH+]2CCCCC2)c(O)c1. The monoisotopic (exact) mass is 308 g/mol. The number of carbonyl (C=O) groups is 1. The second kappa shape index (κ2) is 8.63. The van der Waals surface area contributed by atoms with Gasteiger partial charge in [-0.3, -0.25) is 0 Å². The van der Waals surface area contributed by atoms with E-state index >= 15 is 0 Å². The van der Waals surface area contributed by atoms with Gasteiger partial charge in [0.1, 0.15) is 30.2 Å². The number of aromatic hydroxyl groups is 1. The molecular formula is C17H26NO4+. The molecule has 1 saturated heterocycles. The molecule has 5 heteroatoms. The van der Waals surface area contributed by atoms with Gasteiger partial charge in [-0.15, -0.1) is 0 Å². The van der Waals surface area contributed by atoms with Crippen molar-refractivity contribution < 1.29 is 24.3 Å². The molecule has 2 rings (SSSR count). The number of carbonyl (C=O) groups excluding carboxylic acids is 1. The highest BCUT2D eigenvalue weighted by Gasteiger charge is 2.16. The fourth-order valence-corrected chi connectivity index (χ4v) is 2.66. The summed E-state index contributed by atoms with van der Waals surface area (Å²) < 4.78 is 10.7. The van der Waals surface area contributed by atoms with Crippen LogP contribution < -0.4 is 9.64 Å². The highest BCUT2D eigenvalue weighted by molar-refractivity contribution is 5.92. The largest absolute Gasteiger partial charge is 0.507 e. The van der Waals surface area contributed by atoms with Crippen LogP contribution in [-0.4, -0.2) is 43.9 Å². The molecular weight excluding hydrogens is 282 g/mol. The number of likely N-dealkylation sites (tertiary alicyclic amines) is 1. The predicted octanol–water partition coefficient (Wildman–Crippen LogP) is 1.41. The van der Waals surface area contributed by atoms with Crippen LogP contribution in [0.2, 0.25) is 0 Å². The van der Waals surface area contributed by atoms with Gasteiger partial charge in [-0.25, -0.2) is 4.79 Å². The van der Waals surface area contributed by atoms with E-state index in [1.54, 1.807) is 12.1 Å². The van der Waals surface area contributed by atoms with E-state index in [0.717, 1.165) is 26.1 Å². The number of ether oxygens (including phenoxy) is 2. The molecule has 0 spiro atoms. The molecule has 1 aliphatic rings. The first kappa shape index (κ1) is 16.6. The minimum absolute atomic E-state index is 0.0936. The van der Waals surface area contributed by atoms with E-state index in [2.05, 4.69) is 0 Å². The Morgan fingerprint density at radius 3 is 2.68 bits per heavy atom. The number of hydrogen-bond acceptors (Lipinski definition) is 4. The summed E-state index contributed by atoms with van der Waals surface area (Å²) in [5, 5.41) is 9.92. The molecule has 0 saturated carbocycles. The molecule has 122 valence electrons. The molecule has 2 N–H and O–H groups in total. The summed E-state index contributed by atoms with van der Waals surface area (Å²) in [5.41, 5.74) is 0.192. The van der Waals surface area contributed by atoms with Crippen molar-refractivity contribution in [2.45, 2.75) is 32.6 Å². The van der Waals surface area contributed by atoms with Crippen LogP contribution in [0.3, 0.4) is 0 Å². The highest BCUT2D eigenvalue weighted by atomic mass is 16.5. The molecule has 22 heavy (non-hydrogen) atoms. The number of rotatable bonds is 7. The van der Waals surface area contributed by atoms with Crippen LogP contribution in [0.5, 0.6) is 11.5 Å². The third kappa shape index (κ3) is 4.91. The fraction of sp³-hybridized carbons (Fsp3) is 0.588. The standard InChI is InChI=1S/C17H25NO4/c1-2-11-21-14-6-7-15(16(19)13-14)17(20)22-12-10-18-8-4-3-5-9-18/h6-7,13,19H,2-5,8-12H2,1H3/p+1. The Labute approximate surface area is 131 Å². The van der Waals surface area contributed by atoms with Crippen LogP contribution in [0.1, 0.15) is 43.0 Å². The van der Waals surface area contributed by atoms with Gasteiger partial charge >= 0.3 is 5.97 Å². The molecule has 0 aromatic heterocycles. The van der Waals surface area contributed by atoms with Gasteiger partial charge in [-0.1, -0.05) is 6.92 Å². The maximum Gasteiger partial charge on any atom is 0.342 e. The Bertz CT molecular complexity index is 484. The molecule has 1 aliphatic heterocycles. The Morgan fingerprint density at radius 1 is 1.23 bits per heavy atom. The van der Waals surface area contributed by atoms with E-state index in [1.165, 1.54) is 30.2 Å². The first-order valence-electron chi connectivity index (χ1n) is 8.17. The maximum atomic E-state index is 12.0. The van der Waals surface area contributed by atoms with E-state index in [1.807, 2.05) is 6.92 Å². The fourth-order valence-electron chi connectivity index (χ4n) is 2.66. The smallest absolute Gasteiger partial charge is 0.342 e. The van der Waals surface area contributed by atoms with Crippen molar-refractivity contribution in [1.82, 2.24) is 0 Å². The van der Waals surface area contributed by atoms with E-state index in [0.29, 0.717) is 19.0 Å². The average Bonchev–Trinajstić information content (AvgIpc) is 2.54. The van der Waals surface area contributed by atoms with Crippen molar-refractivity contribution in [2.24, 2.45) is 0 Å². The average molecular weight is 308 g/mol. The maximum absolute atomic E-state index is 12.0. The normalized spacial score (nSPS) is 15.5. The number of nitrogens with one attached hydrogen (secondary N) is 1. The van der Waals surface area contributed by atoms with Gasteiger partial charge < -0.3 is 19.5 Å². The Kier molecular flexibility index (Phi) is 6.52. The zero-order chi connectivity index (χ0) is 15.8. The summed E-state index contributed by atoms with van der Waals surface area (Å²) in [4.78, 5) is 13.5. The van der Waals surface area contributed by atoms with Gasteiger partial charge in [-0.2, -0.15) is 0 Å². The zero-order valence-corrected chi connectivity index (χ0v) is 13.3. The molecule has 0 radical (unpaired) electrons. The van der Waals surface area contributed by atoms with E-state index in [4.69, 9.17) is 9.47 Å². The van der Waals surface area contributed by atoms with Gasteiger partial charge in [0.05, 0.1) is 19.7 Å². The predicted molar refractivity (Wildman–Crippen MR) is 83.6 cm³/mol. The van der Waals surface area contributed by atoms with Crippen molar-refractivity contribution in [3.8, 4) is 11.5 Å². The number of piperidine rings is 1. The lowest BCUT2D eigenvalue weighted by atomic mass is 10.1. The van der Waals surface area contributed by atoms with Crippen molar-refractivity contribution in [1.29, 1.82) is 0 Å². The van der Waals surface area contributed by atoms with Crippen molar-refractivity contribution in [3.63, 3.8) is 0 Å². The second-order valence-corrected chi connectivity index (χ2v) is 5.72. The first-order valence-corrected chi connectivity index (χ1v) is 8.17. The minimum Gasteiger partial charge on any atom is -0.507 e. The van der Waals surface area contributed by atoms with Crippen LogP contribution in [0.25, 0.3) is 0 Å². The van der Waals surface area contributed by atoms with Crippen LogP contribution in [0, 0.1) is 0 Å². The van der Waals surface area contributed by atoms with Crippen molar-refractivity contribution in [3.05, 3.63) is 23.8 Å². The van der Waals surface area contributed by atoms with Gasteiger partial charge in [-0.05, 0) is 37.8 Å². The number of phenolic OH excluding ortho intramolecular Hbond substituents is 1. The van der Waals surface area contributed by atoms with Crippen LogP contribution in [0.4, 0.5) is 0 Å². The van der Waals surface area contributed by atoms with Gasteiger partial charge in [0.2, 0.25) is 0 Å². The molecule has 1 aromatic carbocycles. The third-order valence-corrected chi connectivity index (χ3v) is 3.91. The zero-order valence-electron chi connectivity index (χ0n) is 13.3. The second-order valence-electron chi connectivity index (χ2n) is 5.72. The Balaban J connectivity index is 1.81. The van der Waals surface area contributed by atoms with Crippen LogP contribution in [0.15, 0.2) is 18.2 Å². The number of esters is 1. The Hall–Kier alpha value is -1.75. The summed E-state index contributed by atoms with van der Waals surface area (Å²) in [6, 6.07) is 4.69. The number of quaternary nitrogens is 1. The molecule has 0 amide bonds. The highest BCUT2D eigenvalue weighted by Crippen LogP contribution is 2.24.